The summed E-state index contributed by atoms with van der Waals surface area (Å²) in [4.78, 5) is 0. The molecule has 5 heteroatoms. The zero-order valence-corrected chi connectivity index (χ0v) is 10.9. The maximum Gasteiger partial charge on any atom is 0.417 e. The molecule has 20 heavy (non-hydrogen) atoms. The summed E-state index contributed by atoms with van der Waals surface area (Å²) >= 11 is 0. The summed E-state index contributed by atoms with van der Waals surface area (Å²) in [5.74, 6) is 0.493. The SMILES string of the molecule is N#Cc1cc(NCC2CC=CCC2)ccc1C(F)(F)F. The number of hydrogen-bond donors (Lipinski definition) is 1. The molecule has 0 aromatic heterocycles. The van der Waals surface area contributed by atoms with Gasteiger partial charge >= 0.3 is 6.18 Å². The van der Waals surface area contributed by atoms with Crippen molar-refractivity contribution < 1.29 is 13.2 Å². The summed E-state index contributed by atoms with van der Waals surface area (Å²) in [6.07, 6.45) is 2.89. The van der Waals surface area contributed by atoms with Gasteiger partial charge in [-0.15, -0.1) is 0 Å². The van der Waals surface area contributed by atoms with Gasteiger partial charge in [-0.1, -0.05) is 12.2 Å². The van der Waals surface area contributed by atoms with Crippen molar-refractivity contribution in [3.63, 3.8) is 0 Å². The van der Waals surface area contributed by atoms with Crippen molar-refractivity contribution in [1.82, 2.24) is 0 Å². The number of hydrogen-bond acceptors (Lipinski definition) is 2. The molecule has 1 aromatic rings. The van der Waals surface area contributed by atoms with E-state index in [1.807, 2.05) is 0 Å². The van der Waals surface area contributed by atoms with Gasteiger partial charge in [-0.3, -0.25) is 0 Å². The first-order chi connectivity index (χ1) is 9.50. The van der Waals surface area contributed by atoms with Crippen LogP contribution in [0.2, 0.25) is 0 Å². The van der Waals surface area contributed by atoms with Crippen LogP contribution in [0, 0.1) is 17.2 Å². The third-order valence-electron chi connectivity index (χ3n) is 3.42. The van der Waals surface area contributed by atoms with Crippen molar-refractivity contribution >= 4 is 5.69 Å². The lowest BCUT2D eigenvalue weighted by atomic mass is 9.94. The summed E-state index contributed by atoms with van der Waals surface area (Å²) in [5, 5.41) is 12.0. The summed E-state index contributed by atoms with van der Waals surface area (Å²) < 4.78 is 38.0. The Morgan fingerprint density at radius 2 is 2.10 bits per heavy atom. The number of allylic oxidation sites excluding steroid dienone is 2. The average molecular weight is 280 g/mol. The summed E-state index contributed by atoms with van der Waals surface area (Å²) in [6.45, 7) is 0.709. The molecule has 0 radical (unpaired) electrons. The Hall–Kier alpha value is -1.96. The number of nitriles is 1. The number of benzene rings is 1. The van der Waals surface area contributed by atoms with Crippen LogP contribution < -0.4 is 5.32 Å². The number of halogens is 3. The zero-order valence-electron chi connectivity index (χ0n) is 10.9. The van der Waals surface area contributed by atoms with Gasteiger partial charge in [-0.25, -0.2) is 0 Å². The topological polar surface area (TPSA) is 35.8 Å². The molecule has 2 rings (SSSR count). The monoisotopic (exact) mass is 280 g/mol. The van der Waals surface area contributed by atoms with E-state index in [1.165, 1.54) is 12.1 Å². The third-order valence-corrected chi connectivity index (χ3v) is 3.42. The Morgan fingerprint density at radius 3 is 2.70 bits per heavy atom. The Bertz CT molecular complexity index is 541. The van der Waals surface area contributed by atoms with Crippen molar-refractivity contribution in [2.24, 2.45) is 5.92 Å². The standard InChI is InChI=1S/C15H15F3N2/c16-15(17,18)14-7-6-13(8-12(14)9-19)20-10-11-4-2-1-3-5-11/h1-2,6-8,11,20H,3-5,10H2. The lowest BCUT2D eigenvalue weighted by molar-refractivity contribution is -0.137. The molecule has 1 atom stereocenters. The highest BCUT2D eigenvalue weighted by molar-refractivity contribution is 5.53. The van der Waals surface area contributed by atoms with Gasteiger partial charge in [0.2, 0.25) is 0 Å². The van der Waals surface area contributed by atoms with E-state index in [0.717, 1.165) is 25.3 Å². The summed E-state index contributed by atoms with van der Waals surface area (Å²) in [7, 11) is 0. The van der Waals surface area contributed by atoms with E-state index in [0.29, 0.717) is 18.2 Å². The van der Waals surface area contributed by atoms with E-state index in [1.54, 1.807) is 6.07 Å². The molecule has 0 aliphatic heterocycles. The van der Waals surface area contributed by atoms with Gasteiger partial charge in [0.25, 0.3) is 0 Å². The lowest BCUT2D eigenvalue weighted by Crippen LogP contribution is -2.16. The second-order valence-corrected chi connectivity index (χ2v) is 4.90. The van der Waals surface area contributed by atoms with Crippen LogP contribution in [0.1, 0.15) is 30.4 Å². The van der Waals surface area contributed by atoms with Crippen molar-refractivity contribution in [1.29, 1.82) is 5.26 Å². The van der Waals surface area contributed by atoms with Gasteiger partial charge in [0.1, 0.15) is 0 Å². The van der Waals surface area contributed by atoms with Crippen LogP contribution in [0.4, 0.5) is 18.9 Å². The molecule has 1 aromatic carbocycles. The summed E-state index contributed by atoms with van der Waals surface area (Å²) in [5.41, 5.74) is -0.665. The van der Waals surface area contributed by atoms with Crippen LogP contribution in [0.15, 0.2) is 30.4 Å². The Morgan fingerprint density at radius 1 is 1.30 bits per heavy atom. The highest BCUT2D eigenvalue weighted by Gasteiger charge is 2.33. The fourth-order valence-corrected chi connectivity index (χ4v) is 2.30. The van der Waals surface area contributed by atoms with E-state index in [9.17, 15) is 13.2 Å². The van der Waals surface area contributed by atoms with Crippen molar-refractivity contribution in [2.45, 2.75) is 25.4 Å². The van der Waals surface area contributed by atoms with E-state index in [4.69, 9.17) is 5.26 Å². The predicted molar refractivity (Wildman–Crippen MR) is 71.1 cm³/mol. The zero-order chi connectivity index (χ0) is 14.6. The normalized spacial score (nSPS) is 18.6. The minimum Gasteiger partial charge on any atom is -0.385 e. The van der Waals surface area contributed by atoms with Crippen molar-refractivity contribution in [3.05, 3.63) is 41.5 Å². The van der Waals surface area contributed by atoms with Crippen LogP contribution >= 0.6 is 0 Å². The fraction of sp³-hybridized carbons (Fsp3) is 0.400. The molecule has 1 N–H and O–H groups in total. The number of alkyl halides is 3. The van der Waals surface area contributed by atoms with Crippen molar-refractivity contribution in [2.75, 3.05) is 11.9 Å². The molecule has 0 fully saturated rings. The molecule has 0 spiro atoms. The second kappa shape index (κ2) is 6.00. The van der Waals surface area contributed by atoms with Gasteiger partial charge in [-0.05, 0) is 43.4 Å². The minimum absolute atomic E-state index is 0.342. The van der Waals surface area contributed by atoms with Crippen LogP contribution in [-0.2, 0) is 6.18 Å². The molecule has 0 saturated heterocycles. The first-order valence-electron chi connectivity index (χ1n) is 6.51. The maximum absolute atomic E-state index is 12.7. The minimum atomic E-state index is -4.49. The fourth-order valence-electron chi connectivity index (χ4n) is 2.30. The molecule has 1 unspecified atom stereocenters. The maximum atomic E-state index is 12.7. The molecule has 0 saturated carbocycles. The van der Waals surface area contributed by atoms with Gasteiger partial charge in [-0.2, -0.15) is 18.4 Å². The molecule has 2 nitrogen and oxygen atoms in total. The van der Waals surface area contributed by atoms with Gasteiger partial charge in [0.15, 0.2) is 0 Å². The number of nitrogens with zero attached hydrogens (tertiary/aromatic N) is 1. The van der Waals surface area contributed by atoms with Crippen molar-refractivity contribution in [3.8, 4) is 6.07 Å². The van der Waals surface area contributed by atoms with Crippen LogP contribution in [-0.4, -0.2) is 6.54 Å². The van der Waals surface area contributed by atoms with E-state index >= 15 is 0 Å². The van der Waals surface area contributed by atoms with E-state index in [2.05, 4.69) is 17.5 Å². The second-order valence-electron chi connectivity index (χ2n) is 4.90. The van der Waals surface area contributed by atoms with E-state index < -0.39 is 11.7 Å². The molecule has 106 valence electrons. The number of anilines is 1. The Labute approximate surface area is 115 Å². The summed E-state index contributed by atoms with van der Waals surface area (Å²) in [6, 6.07) is 5.21. The smallest absolute Gasteiger partial charge is 0.385 e. The number of rotatable bonds is 3. The Balaban J connectivity index is 2.06. The largest absolute Gasteiger partial charge is 0.417 e. The molecular weight excluding hydrogens is 265 g/mol. The lowest BCUT2D eigenvalue weighted by Gasteiger charge is -2.19. The average Bonchev–Trinajstić information content (AvgIpc) is 2.45. The van der Waals surface area contributed by atoms with Gasteiger partial charge in [0.05, 0.1) is 17.2 Å². The van der Waals surface area contributed by atoms with Crippen LogP contribution in [0.3, 0.4) is 0 Å². The van der Waals surface area contributed by atoms with Gasteiger partial charge < -0.3 is 5.32 Å². The van der Waals surface area contributed by atoms with E-state index in [-0.39, 0.29) is 5.56 Å². The molecule has 0 amide bonds. The van der Waals surface area contributed by atoms with Crippen LogP contribution in [0.5, 0.6) is 0 Å². The van der Waals surface area contributed by atoms with Gasteiger partial charge in [0, 0.05) is 12.2 Å². The first-order valence-corrected chi connectivity index (χ1v) is 6.51. The predicted octanol–water partition coefficient (Wildman–Crippen LogP) is 4.35. The molecule has 0 heterocycles. The van der Waals surface area contributed by atoms with Crippen LogP contribution in [0.25, 0.3) is 0 Å². The Kier molecular flexibility index (Phi) is 4.33. The first kappa shape index (κ1) is 14.4. The number of nitrogens with one attached hydrogen (secondary N) is 1. The molecule has 1 aliphatic carbocycles. The molecular formula is C15H15F3N2. The highest BCUT2D eigenvalue weighted by atomic mass is 19.4. The highest BCUT2D eigenvalue weighted by Crippen LogP contribution is 2.33. The quantitative estimate of drug-likeness (QED) is 0.836. The third kappa shape index (κ3) is 3.53. The molecule has 1 aliphatic rings. The molecule has 0 bridgehead atoms.